The molecule has 2 unspecified atom stereocenters. The van der Waals surface area contributed by atoms with Crippen LogP contribution in [-0.2, 0) is 0 Å². The van der Waals surface area contributed by atoms with Crippen molar-refractivity contribution in [1.82, 2.24) is 10.2 Å². The smallest absolute Gasteiger partial charge is 0.165 e. The lowest BCUT2D eigenvalue weighted by Gasteiger charge is -2.26. The van der Waals surface area contributed by atoms with Gasteiger partial charge in [0.05, 0.1) is 0 Å². The third-order valence-corrected chi connectivity index (χ3v) is 3.25. The monoisotopic (exact) mass is 298 g/mol. The van der Waals surface area contributed by atoms with Gasteiger partial charge >= 0.3 is 0 Å². The van der Waals surface area contributed by atoms with E-state index in [-0.39, 0.29) is 12.4 Å². The van der Waals surface area contributed by atoms with Gasteiger partial charge in [-0.15, -0.1) is 0 Å². The van der Waals surface area contributed by atoms with Crippen molar-refractivity contribution in [3.05, 3.63) is 30.1 Å². The molecule has 0 radical (unpaired) electrons. The summed E-state index contributed by atoms with van der Waals surface area (Å²) in [6, 6.07) is 6.50. The van der Waals surface area contributed by atoms with Crippen LogP contribution in [0.4, 0.5) is 4.39 Å². The van der Waals surface area contributed by atoms with E-state index in [1.807, 2.05) is 14.1 Å². The van der Waals surface area contributed by atoms with E-state index in [4.69, 9.17) is 4.74 Å². The van der Waals surface area contributed by atoms with Gasteiger partial charge in [-0.2, -0.15) is 0 Å². The molecule has 2 N–H and O–H groups in total. The molecule has 5 heteroatoms. The summed E-state index contributed by atoms with van der Waals surface area (Å²) < 4.78 is 18.7. The number of nitrogens with zero attached hydrogens (tertiary/aromatic N) is 1. The summed E-state index contributed by atoms with van der Waals surface area (Å²) in [5, 5.41) is 13.3. The minimum Gasteiger partial charge on any atom is -0.488 e. The number of aliphatic hydroxyl groups is 1. The zero-order chi connectivity index (χ0) is 15.8. The van der Waals surface area contributed by atoms with E-state index in [0.717, 1.165) is 6.54 Å². The molecule has 0 spiro atoms. The second-order valence-electron chi connectivity index (χ2n) is 5.92. The SMILES string of the molecule is CC(C)C(CN(C)C)NCC(O)COc1ccccc1F. The quantitative estimate of drug-likeness (QED) is 0.729. The third kappa shape index (κ3) is 6.89. The van der Waals surface area contributed by atoms with Gasteiger partial charge in [0.25, 0.3) is 0 Å². The van der Waals surface area contributed by atoms with Gasteiger partial charge in [0.2, 0.25) is 0 Å². The summed E-state index contributed by atoms with van der Waals surface area (Å²) in [4.78, 5) is 2.11. The van der Waals surface area contributed by atoms with Gasteiger partial charge in [-0.05, 0) is 32.1 Å². The lowest BCUT2D eigenvalue weighted by Crippen LogP contribution is -2.45. The number of likely N-dealkylation sites (N-methyl/N-ethyl adjacent to an activating group) is 1. The van der Waals surface area contributed by atoms with E-state index in [9.17, 15) is 9.50 Å². The fourth-order valence-corrected chi connectivity index (χ4v) is 2.00. The van der Waals surface area contributed by atoms with Gasteiger partial charge in [-0.1, -0.05) is 26.0 Å². The minimum absolute atomic E-state index is 0.0702. The second-order valence-corrected chi connectivity index (χ2v) is 5.92. The molecule has 0 saturated carbocycles. The van der Waals surface area contributed by atoms with Crippen LogP contribution < -0.4 is 10.1 Å². The Bertz CT molecular complexity index is 413. The molecule has 0 amide bonds. The number of hydrogen-bond acceptors (Lipinski definition) is 4. The molecule has 1 rings (SSSR count). The zero-order valence-electron chi connectivity index (χ0n) is 13.3. The summed E-state index contributed by atoms with van der Waals surface area (Å²) >= 11 is 0. The number of hydrogen-bond donors (Lipinski definition) is 2. The highest BCUT2D eigenvalue weighted by atomic mass is 19.1. The van der Waals surface area contributed by atoms with Crippen LogP contribution in [0, 0.1) is 11.7 Å². The number of nitrogens with one attached hydrogen (secondary N) is 1. The first-order chi connectivity index (χ1) is 9.90. The van der Waals surface area contributed by atoms with E-state index < -0.39 is 11.9 Å². The molecule has 120 valence electrons. The number of halogens is 1. The van der Waals surface area contributed by atoms with Gasteiger partial charge in [0.1, 0.15) is 12.7 Å². The van der Waals surface area contributed by atoms with E-state index >= 15 is 0 Å². The molecule has 0 aliphatic heterocycles. The number of ether oxygens (including phenoxy) is 1. The van der Waals surface area contributed by atoms with Gasteiger partial charge in [0.15, 0.2) is 11.6 Å². The first kappa shape index (κ1) is 17.9. The van der Waals surface area contributed by atoms with Crippen LogP contribution in [0.1, 0.15) is 13.8 Å². The first-order valence-corrected chi connectivity index (χ1v) is 7.33. The molecular formula is C16H27FN2O2. The number of aliphatic hydroxyl groups excluding tert-OH is 1. The van der Waals surface area contributed by atoms with Crippen molar-refractivity contribution < 1.29 is 14.2 Å². The average molecular weight is 298 g/mol. The molecule has 0 saturated heterocycles. The Morgan fingerprint density at radius 3 is 2.52 bits per heavy atom. The number of rotatable bonds is 9. The molecule has 0 aliphatic rings. The fraction of sp³-hybridized carbons (Fsp3) is 0.625. The molecule has 4 nitrogen and oxygen atoms in total. The Kier molecular flexibility index (Phi) is 7.64. The van der Waals surface area contributed by atoms with Crippen molar-refractivity contribution in [2.24, 2.45) is 5.92 Å². The average Bonchev–Trinajstić information content (AvgIpc) is 2.41. The van der Waals surface area contributed by atoms with Gasteiger partial charge in [-0.3, -0.25) is 0 Å². The van der Waals surface area contributed by atoms with E-state index in [1.54, 1.807) is 18.2 Å². The molecule has 0 fully saturated rings. The largest absolute Gasteiger partial charge is 0.488 e. The highest BCUT2D eigenvalue weighted by molar-refractivity contribution is 5.23. The van der Waals surface area contributed by atoms with Gasteiger partial charge in [0, 0.05) is 19.1 Å². The number of benzene rings is 1. The van der Waals surface area contributed by atoms with Crippen LogP contribution >= 0.6 is 0 Å². The van der Waals surface area contributed by atoms with Crippen molar-refractivity contribution in [3.63, 3.8) is 0 Å². The van der Waals surface area contributed by atoms with Gasteiger partial charge in [-0.25, -0.2) is 4.39 Å². The third-order valence-electron chi connectivity index (χ3n) is 3.25. The summed E-state index contributed by atoms with van der Waals surface area (Å²) in [6.07, 6.45) is -0.673. The summed E-state index contributed by atoms with van der Waals surface area (Å²) in [6.45, 7) is 5.68. The highest BCUT2D eigenvalue weighted by Gasteiger charge is 2.16. The zero-order valence-corrected chi connectivity index (χ0v) is 13.3. The predicted molar refractivity (Wildman–Crippen MR) is 83.1 cm³/mol. The lowest BCUT2D eigenvalue weighted by atomic mass is 10.0. The molecule has 1 aromatic rings. The molecule has 1 aromatic carbocycles. The van der Waals surface area contributed by atoms with Crippen molar-refractivity contribution in [2.75, 3.05) is 33.8 Å². The van der Waals surface area contributed by atoms with Crippen molar-refractivity contribution in [1.29, 1.82) is 0 Å². The maximum atomic E-state index is 13.4. The second kappa shape index (κ2) is 8.97. The minimum atomic E-state index is -0.673. The van der Waals surface area contributed by atoms with Crippen molar-refractivity contribution in [3.8, 4) is 5.75 Å². The van der Waals surface area contributed by atoms with Crippen LogP contribution in [0.25, 0.3) is 0 Å². The molecule has 0 heterocycles. The molecule has 0 aliphatic carbocycles. The van der Waals surface area contributed by atoms with Crippen LogP contribution in [-0.4, -0.2) is 55.9 Å². The Morgan fingerprint density at radius 2 is 1.95 bits per heavy atom. The number of para-hydroxylation sites is 1. The van der Waals surface area contributed by atoms with E-state index in [1.165, 1.54) is 6.07 Å². The first-order valence-electron chi connectivity index (χ1n) is 7.33. The van der Waals surface area contributed by atoms with Crippen LogP contribution in [0.5, 0.6) is 5.75 Å². The van der Waals surface area contributed by atoms with E-state index in [0.29, 0.717) is 18.5 Å². The maximum Gasteiger partial charge on any atom is 0.165 e. The molecular weight excluding hydrogens is 271 g/mol. The molecule has 21 heavy (non-hydrogen) atoms. The Balaban J connectivity index is 2.36. The summed E-state index contributed by atoms with van der Waals surface area (Å²) in [5.74, 6) is 0.225. The summed E-state index contributed by atoms with van der Waals surface area (Å²) in [7, 11) is 4.05. The molecule has 0 bridgehead atoms. The molecule has 2 atom stereocenters. The van der Waals surface area contributed by atoms with Crippen LogP contribution in [0.3, 0.4) is 0 Å². The Hall–Kier alpha value is -1.17. The topological polar surface area (TPSA) is 44.7 Å². The Labute approximate surface area is 126 Å². The Morgan fingerprint density at radius 1 is 1.29 bits per heavy atom. The fourth-order valence-electron chi connectivity index (χ4n) is 2.00. The summed E-state index contributed by atoms with van der Waals surface area (Å²) in [5.41, 5.74) is 0. The van der Waals surface area contributed by atoms with Crippen LogP contribution in [0.15, 0.2) is 24.3 Å². The lowest BCUT2D eigenvalue weighted by molar-refractivity contribution is 0.0976. The standard InChI is InChI=1S/C16H27FN2O2/c1-12(2)15(10-19(3)4)18-9-13(20)11-21-16-8-6-5-7-14(16)17/h5-8,12-13,15,18,20H,9-11H2,1-4H3. The van der Waals surface area contributed by atoms with Crippen LogP contribution in [0.2, 0.25) is 0 Å². The molecule has 0 aromatic heterocycles. The van der Waals surface area contributed by atoms with Crippen molar-refractivity contribution in [2.45, 2.75) is 26.0 Å². The van der Waals surface area contributed by atoms with E-state index in [2.05, 4.69) is 24.1 Å². The highest BCUT2D eigenvalue weighted by Crippen LogP contribution is 2.15. The maximum absolute atomic E-state index is 13.4. The normalized spacial score (nSPS) is 14.5. The predicted octanol–water partition coefficient (Wildman–Crippen LogP) is 1.74. The van der Waals surface area contributed by atoms with Crippen molar-refractivity contribution >= 4 is 0 Å². The van der Waals surface area contributed by atoms with Gasteiger partial charge < -0.3 is 20.1 Å².